The molecule has 138 valence electrons. The quantitative estimate of drug-likeness (QED) is 0.363. The van der Waals surface area contributed by atoms with E-state index in [1.807, 2.05) is 7.05 Å². The zero-order valence-electron chi connectivity index (χ0n) is 15.6. The van der Waals surface area contributed by atoms with Crippen molar-refractivity contribution in [2.24, 2.45) is 22.7 Å². The molecule has 0 spiro atoms. The van der Waals surface area contributed by atoms with E-state index in [9.17, 15) is 4.79 Å². The van der Waals surface area contributed by atoms with Crippen LogP contribution in [0.1, 0.15) is 64.7 Å². The molecule has 1 amide bonds. The molecule has 2 rings (SSSR count). The number of carbonyl (C=O) groups excluding carboxylic acids is 1. The molecule has 2 saturated carbocycles. The van der Waals surface area contributed by atoms with E-state index in [1.54, 1.807) is 0 Å². The van der Waals surface area contributed by atoms with E-state index in [0.717, 1.165) is 56.7 Å². The van der Waals surface area contributed by atoms with Gasteiger partial charge in [0.05, 0.1) is 0 Å². The second-order valence-electron chi connectivity index (χ2n) is 7.62. The van der Waals surface area contributed by atoms with Crippen molar-refractivity contribution in [3.63, 3.8) is 0 Å². The van der Waals surface area contributed by atoms with Crippen molar-refractivity contribution in [2.75, 3.05) is 26.7 Å². The summed E-state index contributed by atoms with van der Waals surface area (Å²) in [5, 5.41) is 9.78. The highest BCUT2D eigenvalue weighted by molar-refractivity contribution is 5.80. The highest BCUT2D eigenvalue weighted by atomic mass is 16.1. The van der Waals surface area contributed by atoms with Gasteiger partial charge in [-0.3, -0.25) is 9.79 Å². The van der Waals surface area contributed by atoms with Gasteiger partial charge in [-0.05, 0) is 43.9 Å². The molecular formula is C19H36N4O. The summed E-state index contributed by atoms with van der Waals surface area (Å²) in [6, 6.07) is 0. The number of hydrogen-bond acceptors (Lipinski definition) is 2. The number of aliphatic imine (C=N–C) groups is 1. The Bertz CT molecular complexity index is 406. The lowest BCUT2D eigenvalue weighted by Crippen LogP contribution is -2.40. The minimum Gasteiger partial charge on any atom is -0.356 e. The van der Waals surface area contributed by atoms with E-state index in [4.69, 9.17) is 0 Å². The van der Waals surface area contributed by atoms with Gasteiger partial charge in [0.1, 0.15) is 0 Å². The SMILES string of the molecule is CN=C(NCCCNC(=O)C1CCC1)NCCC1CCCC(C)C1. The minimum atomic E-state index is 0.241. The normalized spacial score (nSPS) is 25.0. The maximum atomic E-state index is 11.7. The average molecular weight is 337 g/mol. The van der Waals surface area contributed by atoms with Crippen LogP contribution < -0.4 is 16.0 Å². The molecule has 2 fully saturated rings. The first-order chi connectivity index (χ1) is 11.7. The number of nitrogens with zero attached hydrogens (tertiary/aromatic N) is 1. The Morgan fingerprint density at radius 1 is 1.00 bits per heavy atom. The predicted molar refractivity (Wildman–Crippen MR) is 100 cm³/mol. The summed E-state index contributed by atoms with van der Waals surface area (Å²) in [7, 11) is 1.82. The van der Waals surface area contributed by atoms with Crippen LogP contribution in [0.2, 0.25) is 0 Å². The molecule has 0 aromatic heterocycles. The third-order valence-electron chi connectivity index (χ3n) is 5.53. The molecule has 0 aliphatic heterocycles. The lowest BCUT2D eigenvalue weighted by molar-refractivity contribution is -0.127. The summed E-state index contributed by atoms with van der Waals surface area (Å²) in [4.78, 5) is 16.0. The van der Waals surface area contributed by atoms with Crippen molar-refractivity contribution < 1.29 is 4.79 Å². The summed E-state index contributed by atoms with van der Waals surface area (Å²) in [6.07, 6.45) is 11.1. The molecule has 3 N–H and O–H groups in total. The Kier molecular flexibility index (Phi) is 8.40. The van der Waals surface area contributed by atoms with Crippen molar-refractivity contribution >= 4 is 11.9 Å². The molecule has 0 bridgehead atoms. The van der Waals surface area contributed by atoms with Gasteiger partial charge >= 0.3 is 0 Å². The highest BCUT2D eigenvalue weighted by Gasteiger charge is 2.24. The van der Waals surface area contributed by atoms with Crippen LogP contribution in [0.25, 0.3) is 0 Å². The van der Waals surface area contributed by atoms with Crippen LogP contribution in [0, 0.1) is 17.8 Å². The highest BCUT2D eigenvalue weighted by Crippen LogP contribution is 2.30. The van der Waals surface area contributed by atoms with Crippen LogP contribution in [0.5, 0.6) is 0 Å². The number of rotatable bonds is 8. The van der Waals surface area contributed by atoms with E-state index in [0.29, 0.717) is 0 Å². The largest absolute Gasteiger partial charge is 0.356 e. The minimum absolute atomic E-state index is 0.241. The van der Waals surface area contributed by atoms with Gasteiger partial charge in [-0.25, -0.2) is 0 Å². The maximum absolute atomic E-state index is 11.7. The van der Waals surface area contributed by atoms with Crippen LogP contribution >= 0.6 is 0 Å². The Morgan fingerprint density at radius 2 is 1.71 bits per heavy atom. The molecule has 5 heteroatoms. The molecule has 2 aliphatic rings. The van der Waals surface area contributed by atoms with E-state index in [1.165, 1.54) is 38.5 Å². The third kappa shape index (κ3) is 6.70. The summed E-state index contributed by atoms with van der Waals surface area (Å²) >= 11 is 0. The second-order valence-corrected chi connectivity index (χ2v) is 7.62. The Labute approximate surface area is 147 Å². The van der Waals surface area contributed by atoms with Crippen molar-refractivity contribution in [3.05, 3.63) is 0 Å². The van der Waals surface area contributed by atoms with Crippen molar-refractivity contribution in [1.29, 1.82) is 0 Å². The molecule has 2 unspecified atom stereocenters. The Hall–Kier alpha value is -1.26. The third-order valence-corrected chi connectivity index (χ3v) is 5.53. The number of guanidine groups is 1. The number of carbonyl (C=O) groups is 1. The van der Waals surface area contributed by atoms with Gasteiger partial charge in [0, 0.05) is 32.6 Å². The number of hydrogen-bond donors (Lipinski definition) is 3. The Morgan fingerprint density at radius 3 is 2.38 bits per heavy atom. The smallest absolute Gasteiger partial charge is 0.223 e. The van der Waals surface area contributed by atoms with Crippen LogP contribution in [0.15, 0.2) is 4.99 Å². The van der Waals surface area contributed by atoms with E-state index in [-0.39, 0.29) is 11.8 Å². The Balaban J connectivity index is 1.48. The standard InChI is InChI=1S/C19H36N4O/c1-15-6-3-7-16(14-15)10-13-23-19(20-2)22-12-5-11-21-18(24)17-8-4-9-17/h15-17H,3-14H2,1-2H3,(H,21,24)(H2,20,22,23). The summed E-state index contributed by atoms with van der Waals surface area (Å²) < 4.78 is 0. The predicted octanol–water partition coefficient (Wildman–Crippen LogP) is 2.67. The molecule has 0 aromatic carbocycles. The molecule has 24 heavy (non-hydrogen) atoms. The average Bonchev–Trinajstić information content (AvgIpc) is 2.51. The van der Waals surface area contributed by atoms with Gasteiger partial charge in [-0.1, -0.05) is 32.6 Å². The van der Waals surface area contributed by atoms with E-state index < -0.39 is 0 Å². The molecular weight excluding hydrogens is 300 g/mol. The van der Waals surface area contributed by atoms with Gasteiger partial charge < -0.3 is 16.0 Å². The lowest BCUT2D eigenvalue weighted by atomic mass is 9.81. The molecule has 0 radical (unpaired) electrons. The monoisotopic (exact) mass is 336 g/mol. The molecule has 0 saturated heterocycles. The summed E-state index contributed by atoms with van der Waals surface area (Å²) in [5.74, 6) is 3.18. The molecule has 0 heterocycles. The maximum Gasteiger partial charge on any atom is 0.223 e. The van der Waals surface area contributed by atoms with Crippen LogP contribution in [0.4, 0.5) is 0 Å². The second kappa shape index (κ2) is 10.6. The number of nitrogens with one attached hydrogen (secondary N) is 3. The zero-order chi connectivity index (χ0) is 17.2. The van der Waals surface area contributed by atoms with Gasteiger partial charge in [0.2, 0.25) is 5.91 Å². The molecule has 5 nitrogen and oxygen atoms in total. The lowest BCUT2D eigenvalue weighted by Gasteiger charge is -2.26. The molecule has 0 aromatic rings. The van der Waals surface area contributed by atoms with Crippen molar-refractivity contribution in [1.82, 2.24) is 16.0 Å². The first-order valence-electron chi connectivity index (χ1n) is 9.91. The fraction of sp³-hybridized carbons (Fsp3) is 0.895. The van der Waals surface area contributed by atoms with Crippen LogP contribution in [-0.2, 0) is 4.79 Å². The summed E-state index contributed by atoms with van der Waals surface area (Å²) in [6.45, 7) is 4.96. The van der Waals surface area contributed by atoms with Crippen molar-refractivity contribution in [3.8, 4) is 0 Å². The van der Waals surface area contributed by atoms with Gasteiger partial charge in [-0.15, -0.1) is 0 Å². The first kappa shape index (κ1) is 19.1. The first-order valence-corrected chi connectivity index (χ1v) is 9.91. The number of amides is 1. The molecule has 2 atom stereocenters. The van der Waals surface area contributed by atoms with E-state index >= 15 is 0 Å². The van der Waals surface area contributed by atoms with Crippen molar-refractivity contribution in [2.45, 2.75) is 64.7 Å². The van der Waals surface area contributed by atoms with Gasteiger partial charge in [0.15, 0.2) is 5.96 Å². The summed E-state index contributed by atoms with van der Waals surface area (Å²) in [5.41, 5.74) is 0. The topological polar surface area (TPSA) is 65.5 Å². The molecule has 2 aliphatic carbocycles. The zero-order valence-corrected chi connectivity index (χ0v) is 15.6. The van der Waals surface area contributed by atoms with Gasteiger partial charge in [0.25, 0.3) is 0 Å². The fourth-order valence-corrected chi connectivity index (χ4v) is 3.76. The van der Waals surface area contributed by atoms with Gasteiger partial charge in [-0.2, -0.15) is 0 Å². The van der Waals surface area contributed by atoms with Crippen LogP contribution in [0.3, 0.4) is 0 Å². The fourth-order valence-electron chi connectivity index (χ4n) is 3.76. The van der Waals surface area contributed by atoms with Crippen LogP contribution in [-0.4, -0.2) is 38.5 Å². The van der Waals surface area contributed by atoms with E-state index in [2.05, 4.69) is 27.9 Å².